The Labute approximate surface area is 157 Å². The zero-order chi connectivity index (χ0) is 19.4. The van der Waals surface area contributed by atoms with E-state index >= 15 is 0 Å². The van der Waals surface area contributed by atoms with Crippen LogP contribution in [0.3, 0.4) is 0 Å². The summed E-state index contributed by atoms with van der Waals surface area (Å²) >= 11 is 0. The Hall–Kier alpha value is -3.64. The fraction of sp³-hybridized carbons (Fsp3) is 0.238. The van der Waals surface area contributed by atoms with Gasteiger partial charge in [0.05, 0.1) is 18.7 Å². The lowest BCUT2D eigenvalue weighted by molar-refractivity contribution is -0.149. The van der Waals surface area contributed by atoms with E-state index in [2.05, 4.69) is 6.07 Å². The van der Waals surface area contributed by atoms with Gasteiger partial charge in [0.2, 0.25) is 0 Å². The summed E-state index contributed by atoms with van der Waals surface area (Å²) in [5, 5.41) is 19.9. The van der Waals surface area contributed by atoms with Crippen LogP contribution in [0.4, 0.5) is 0 Å². The zero-order valence-electron chi connectivity index (χ0n) is 14.8. The molecule has 3 rings (SSSR count). The fourth-order valence-corrected chi connectivity index (χ4v) is 3.45. The molecule has 0 aliphatic carbocycles. The molecule has 2 aromatic carbocycles. The molecule has 2 unspecified atom stereocenters. The molecule has 0 aromatic heterocycles. The number of hydrogen-bond acceptors (Lipinski definition) is 5. The number of fused-ring (bicyclic) bond motifs is 1. The van der Waals surface area contributed by atoms with Crippen LogP contribution in [0.25, 0.3) is 0 Å². The monoisotopic (exact) mass is 359 g/mol. The number of nitrogens with zero attached hydrogens (tertiary/aromatic N) is 3. The average Bonchev–Trinajstić information content (AvgIpc) is 2.93. The van der Waals surface area contributed by atoms with E-state index in [1.807, 2.05) is 36.4 Å². The van der Waals surface area contributed by atoms with Gasteiger partial charge in [-0.25, -0.2) is 0 Å². The molecule has 134 valence electrons. The van der Waals surface area contributed by atoms with Crippen LogP contribution in [0, 0.1) is 28.6 Å². The maximum atomic E-state index is 13.1. The number of carbonyl (C=O) groups is 2. The molecule has 0 fully saturated rings. The summed E-state index contributed by atoms with van der Waals surface area (Å²) in [6.07, 6.45) is 0. The van der Waals surface area contributed by atoms with E-state index in [4.69, 9.17) is 4.74 Å². The van der Waals surface area contributed by atoms with Crippen LogP contribution in [0.2, 0.25) is 0 Å². The predicted molar refractivity (Wildman–Crippen MR) is 95.8 cm³/mol. The number of rotatable bonds is 5. The van der Waals surface area contributed by atoms with Gasteiger partial charge in [0.25, 0.3) is 5.91 Å². The second kappa shape index (κ2) is 7.31. The van der Waals surface area contributed by atoms with Crippen LogP contribution in [-0.4, -0.2) is 23.4 Å². The van der Waals surface area contributed by atoms with Crippen molar-refractivity contribution < 1.29 is 14.3 Å². The number of nitriles is 2. The van der Waals surface area contributed by atoms with E-state index in [-0.39, 0.29) is 19.1 Å². The molecule has 0 N–H and O–H groups in total. The minimum absolute atomic E-state index is 0.0762. The highest BCUT2D eigenvalue weighted by Crippen LogP contribution is 2.45. The maximum Gasteiger partial charge on any atom is 0.327 e. The fourth-order valence-electron chi connectivity index (χ4n) is 3.45. The smallest absolute Gasteiger partial charge is 0.327 e. The van der Waals surface area contributed by atoms with Crippen molar-refractivity contribution in [3.05, 3.63) is 71.3 Å². The predicted octanol–water partition coefficient (Wildman–Crippen LogP) is 2.76. The second-order valence-electron chi connectivity index (χ2n) is 6.11. The molecule has 0 radical (unpaired) electrons. The van der Waals surface area contributed by atoms with Crippen LogP contribution < -0.4 is 0 Å². The van der Waals surface area contributed by atoms with E-state index < -0.39 is 17.4 Å². The Balaban J connectivity index is 2.19. The van der Waals surface area contributed by atoms with Crippen molar-refractivity contribution in [2.45, 2.75) is 19.0 Å². The summed E-state index contributed by atoms with van der Waals surface area (Å²) in [5.41, 5.74) is -0.281. The number of ether oxygens (including phenoxy) is 1. The summed E-state index contributed by atoms with van der Waals surface area (Å²) in [6.45, 7) is 1.80. The van der Waals surface area contributed by atoms with Crippen molar-refractivity contribution in [2.75, 3.05) is 6.61 Å². The molecule has 0 bridgehead atoms. The van der Waals surface area contributed by atoms with Gasteiger partial charge < -0.3 is 9.64 Å². The van der Waals surface area contributed by atoms with Gasteiger partial charge >= 0.3 is 5.97 Å². The molecule has 6 heteroatoms. The molecular weight excluding hydrogens is 342 g/mol. The largest absolute Gasteiger partial charge is 0.465 e. The van der Waals surface area contributed by atoms with Gasteiger partial charge in [-0.1, -0.05) is 48.5 Å². The first-order valence-corrected chi connectivity index (χ1v) is 8.53. The van der Waals surface area contributed by atoms with Crippen molar-refractivity contribution in [2.24, 2.45) is 5.92 Å². The third kappa shape index (κ3) is 2.82. The van der Waals surface area contributed by atoms with Crippen molar-refractivity contribution in [1.29, 1.82) is 10.5 Å². The van der Waals surface area contributed by atoms with Gasteiger partial charge in [0.1, 0.15) is 0 Å². The minimum atomic E-state index is -1.75. The lowest BCUT2D eigenvalue weighted by Crippen LogP contribution is -2.50. The molecule has 1 heterocycles. The summed E-state index contributed by atoms with van der Waals surface area (Å²) in [6, 6.07) is 19.7. The van der Waals surface area contributed by atoms with E-state index in [1.165, 1.54) is 4.90 Å². The zero-order valence-corrected chi connectivity index (χ0v) is 14.8. The van der Waals surface area contributed by atoms with E-state index in [0.717, 1.165) is 5.56 Å². The van der Waals surface area contributed by atoms with Gasteiger partial charge in [-0.05, 0) is 18.6 Å². The number of carbonyl (C=O) groups excluding carboxylic acids is 2. The average molecular weight is 359 g/mol. The molecule has 0 saturated carbocycles. The quantitative estimate of drug-likeness (QED) is 0.765. The van der Waals surface area contributed by atoms with Crippen LogP contribution in [0.5, 0.6) is 0 Å². The standard InChI is InChI=1S/C21H17N3O3/c1-2-27-20(26)18(12-22)21(14-23)17-11-7-6-10-16(17)19(25)24(21)13-15-8-4-3-5-9-15/h3-11,18H,2,13H2,1H3. The lowest BCUT2D eigenvalue weighted by atomic mass is 9.79. The summed E-state index contributed by atoms with van der Waals surface area (Å²) in [4.78, 5) is 26.9. The minimum Gasteiger partial charge on any atom is -0.465 e. The summed E-state index contributed by atoms with van der Waals surface area (Å²) in [7, 11) is 0. The third-order valence-corrected chi connectivity index (χ3v) is 4.66. The second-order valence-corrected chi connectivity index (χ2v) is 6.11. The van der Waals surface area contributed by atoms with Crippen molar-refractivity contribution >= 4 is 11.9 Å². The Kier molecular flexibility index (Phi) is 4.92. The molecule has 0 saturated heterocycles. The first kappa shape index (κ1) is 18.2. The molecule has 2 aromatic rings. The highest BCUT2D eigenvalue weighted by molar-refractivity contribution is 6.02. The highest BCUT2D eigenvalue weighted by Gasteiger charge is 2.58. The topological polar surface area (TPSA) is 94.2 Å². The summed E-state index contributed by atoms with van der Waals surface area (Å²) < 4.78 is 5.03. The Bertz CT molecular complexity index is 959. The Morgan fingerprint density at radius 2 is 1.81 bits per heavy atom. The molecule has 1 amide bonds. The van der Waals surface area contributed by atoms with Gasteiger partial charge in [0.15, 0.2) is 11.5 Å². The molecule has 2 atom stereocenters. The Morgan fingerprint density at radius 1 is 1.15 bits per heavy atom. The number of amides is 1. The molecule has 0 spiro atoms. The molecule has 27 heavy (non-hydrogen) atoms. The third-order valence-electron chi connectivity index (χ3n) is 4.66. The van der Waals surface area contributed by atoms with Crippen LogP contribution >= 0.6 is 0 Å². The van der Waals surface area contributed by atoms with Gasteiger partial charge in [-0.15, -0.1) is 0 Å². The van der Waals surface area contributed by atoms with Gasteiger partial charge in [-0.3, -0.25) is 9.59 Å². The van der Waals surface area contributed by atoms with E-state index in [9.17, 15) is 20.1 Å². The van der Waals surface area contributed by atoms with Crippen molar-refractivity contribution in [3.8, 4) is 12.1 Å². The van der Waals surface area contributed by atoms with Crippen molar-refractivity contribution in [3.63, 3.8) is 0 Å². The highest BCUT2D eigenvalue weighted by atomic mass is 16.5. The number of benzene rings is 2. The van der Waals surface area contributed by atoms with Crippen LogP contribution in [0.15, 0.2) is 54.6 Å². The van der Waals surface area contributed by atoms with Crippen LogP contribution in [0.1, 0.15) is 28.4 Å². The molecule has 1 aliphatic rings. The number of esters is 1. The van der Waals surface area contributed by atoms with E-state index in [0.29, 0.717) is 11.1 Å². The van der Waals surface area contributed by atoms with E-state index in [1.54, 1.807) is 31.2 Å². The SMILES string of the molecule is CCOC(=O)C(C#N)C1(C#N)c2ccccc2C(=O)N1Cc1ccccc1. The van der Waals surface area contributed by atoms with Gasteiger partial charge in [0, 0.05) is 17.7 Å². The van der Waals surface area contributed by atoms with Crippen molar-refractivity contribution in [1.82, 2.24) is 4.90 Å². The maximum absolute atomic E-state index is 13.1. The molecule has 6 nitrogen and oxygen atoms in total. The Morgan fingerprint density at radius 3 is 2.44 bits per heavy atom. The lowest BCUT2D eigenvalue weighted by Gasteiger charge is -2.35. The summed E-state index contributed by atoms with van der Waals surface area (Å²) in [5.74, 6) is -2.66. The first-order valence-electron chi connectivity index (χ1n) is 8.53. The number of hydrogen-bond donors (Lipinski definition) is 0. The normalized spacial score (nSPS) is 18.9. The van der Waals surface area contributed by atoms with Crippen LogP contribution in [-0.2, 0) is 21.6 Å². The molecular formula is C21H17N3O3. The van der Waals surface area contributed by atoms with Gasteiger partial charge in [-0.2, -0.15) is 10.5 Å². The first-order chi connectivity index (χ1) is 13.1. The molecule has 1 aliphatic heterocycles.